The first-order valence-electron chi connectivity index (χ1n) is 9.60. The molecule has 0 bridgehead atoms. The third kappa shape index (κ3) is 6.87. The molecule has 7 heteroatoms. The lowest BCUT2D eigenvalue weighted by Crippen LogP contribution is -2.34. The van der Waals surface area contributed by atoms with E-state index in [1.807, 2.05) is 0 Å². The highest BCUT2D eigenvalue weighted by Crippen LogP contribution is 2.19. The molecule has 0 aliphatic carbocycles. The zero-order chi connectivity index (χ0) is 21.2. The molecule has 6 nitrogen and oxygen atoms in total. The van der Waals surface area contributed by atoms with Crippen molar-refractivity contribution in [3.63, 3.8) is 0 Å². The SMILES string of the molecule is CCCCCCOc1ccc(C(=O)NC(=S)Nc2cccc(C(=O)O)c2C)cc1. The number of benzene rings is 2. The van der Waals surface area contributed by atoms with Crippen LogP contribution in [0.4, 0.5) is 5.69 Å². The van der Waals surface area contributed by atoms with Gasteiger partial charge in [-0.3, -0.25) is 10.1 Å². The molecule has 0 spiro atoms. The van der Waals surface area contributed by atoms with Crippen LogP contribution < -0.4 is 15.4 Å². The lowest BCUT2D eigenvalue weighted by atomic mass is 10.1. The van der Waals surface area contributed by atoms with Crippen molar-refractivity contribution >= 4 is 34.9 Å². The van der Waals surface area contributed by atoms with Gasteiger partial charge in [-0.2, -0.15) is 0 Å². The largest absolute Gasteiger partial charge is 0.494 e. The van der Waals surface area contributed by atoms with E-state index in [-0.39, 0.29) is 16.6 Å². The van der Waals surface area contributed by atoms with Crippen molar-refractivity contribution in [2.75, 3.05) is 11.9 Å². The number of carbonyl (C=O) groups excluding carboxylic acids is 1. The molecule has 1 amide bonds. The number of amides is 1. The second-order valence-corrected chi connectivity index (χ2v) is 7.03. The molecular weight excluding hydrogens is 388 g/mol. The van der Waals surface area contributed by atoms with Crippen molar-refractivity contribution in [1.29, 1.82) is 0 Å². The smallest absolute Gasteiger partial charge is 0.336 e. The third-order valence-electron chi connectivity index (χ3n) is 4.42. The van der Waals surface area contributed by atoms with E-state index in [9.17, 15) is 14.7 Å². The highest BCUT2D eigenvalue weighted by Gasteiger charge is 2.12. The van der Waals surface area contributed by atoms with E-state index in [2.05, 4.69) is 17.6 Å². The van der Waals surface area contributed by atoms with E-state index in [1.165, 1.54) is 18.9 Å². The molecule has 0 heterocycles. The zero-order valence-corrected chi connectivity index (χ0v) is 17.5. The first-order chi connectivity index (χ1) is 13.9. The maximum atomic E-state index is 12.4. The fourth-order valence-corrected chi connectivity index (χ4v) is 2.96. The lowest BCUT2D eigenvalue weighted by Gasteiger charge is -2.13. The standard InChI is InChI=1S/C22H26N2O4S/c1-3-4-5-6-14-28-17-12-10-16(11-13-17)20(25)24-22(29)23-19-9-7-8-18(15(19)2)21(26)27/h7-13H,3-6,14H2,1-2H3,(H,26,27)(H2,23,24,25,29). The van der Waals surface area contributed by atoms with Crippen LogP contribution in [0, 0.1) is 6.92 Å². The molecule has 0 aliphatic rings. The molecule has 0 saturated heterocycles. The minimum atomic E-state index is -1.02. The van der Waals surface area contributed by atoms with Crippen LogP contribution >= 0.6 is 12.2 Å². The van der Waals surface area contributed by atoms with Gasteiger partial charge in [-0.1, -0.05) is 32.3 Å². The maximum absolute atomic E-state index is 12.4. The van der Waals surface area contributed by atoms with Gasteiger partial charge in [-0.25, -0.2) is 4.79 Å². The van der Waals surface area contributed by atoms with Gasteiger partial charge in [0.05, 0.1) is 12.2 Å². The van der Waals surface area contributed by atoms with Crippen LogP contribution in [-0.4, -0.2) is 28.7 Å². The maximum Gasteiger partial charge on any atom is 0.336 e. The second kappa shape index (κ2) is 11.2. The van der Waals surface area contributed by atoms with Crippen LogP contribution in [0.5, 0.6) is 5.75 Å². The molecule has 0 atom stereocenters. The van der Waals surface area contributed by atoms with Crippen molar-refractivity contribution in [2.24, 2.45) is 0 Å². The zero-order valence-electron chi connectivity index (χ0n) is 16.7. The molecule has 2 rings (SSSR count). The van der Waals surface area contributed by atoms with Gasteiger partial charge in [0.2, 0.25) is 0 Å². The van der Waals surface area contributed by atoms with Gasteiger partial charge in [-0.15, -0.1) is 0 Å². The van der Waals surface area contributed by atoms with Gasteiger partial charge in [0, 0.05) is 11.3 Å². The van der Waals surface area contributed by atoms with E-state index in [1.54, 1.807) is 43.3 Å². The molecule has 0 fully saturated rings. The summed E-state index contributed by atoms with van der Waals surface area (Å²) in [6.45, 7) is 4.51. The Labute approximate surface area is 176 Å². The van der Waals surface area contributed by atoms with Gasteiger partial charge in [-0.05, 0) is 67.5 Å². The number of ether oxygens (including phenoxy) is 1. The van der Waals surface area contributed by atoms with Crippen molar-refractivity contribution in [3.05, 3.63) is 59.2 Å². The van der Waals surface area contributed by atoms with Crippen LogP contribution in [0.1, 0.15) is 58.9 Å². The Morgan fingerprint density at radius 3 is 2.45 bits per heavy atom. The molecule has 0 radical (unpaired) electrons. The van der Waals surface area contributed by atoms with E-state index < -0.39 is 5.97 Å². The average Bonchev–Trinajstić information content (AvgIpc) is 2.69. The van der Waals surface area contributed by atoms with Crippen LogP contribution in [0.15, 0.2) is 42.5 Å². The summed E-state index contributed by atoms with van der Waals surface area (Å²) < 4.78 is 5.67. The Morgan fingerprint density at radius 2 is 1.79 bits per heavy atom. The predicted molar refractivity (Wildman–Crippen MR) is 118 cm³/mol. The molecule has 29 heavy (non-hydrogen) atoms. The number of rotatable bonds is 9. The van der Waals surface area contributed by atoms with Gasteiger partial charge in [0.25, 0.3) is 5.91 Å². The molecule has 0 aliphatic heterocycles. The molecule has 0 saturated carbocycles. The highest BCUT2D eigenvalue weighted by molar-refractivity contribution is 7.80. The topological polar surface area (TPSA) is 87.7 Å². The normalized spacial score (nSPS) is 10.3. The Bertz CT molecular complexity index is 866. The fraction of sp³-hybridized carbons (Fsp3) is 0.318. The summed E-state index contributed by atoms with van der Waals surface area (Å²) in [6, 6.07) is 11.7. The summed E-state index contributed by atoms with van der Waals surface area (Å²) in [5.74, 6) is -0.655. The van der Waals surface area contributed by atoms with Gasteiger partial charge in [0.15, 0.2) is 5.11 Å². The number of anilines is 1. The van der Waals surface area contributed by atoms with Gasteiger partial charge < -0.3 is 15.2 Å². The number of hydrogen-bond acceptors (Lipinski definition) is 4. The minimum Gasteiger partial charge on any atom is -0.494 e. The van der Waals surface area contributed by atoms with E-state index in [0.717, 1.165) is 18.6 Å². The van der Waals surface area contributed by atoms with Gasteiger partial charge in [0.1, 0.15) is 5.75 Å². The summed E-state index contributed by atoms with van der Waals surface area (Å²) in [7, 11) is 0. The fourth-order valence-electron chi connectivity index (χ4n) is 2.75. The van der Waals surface area contributed by atoms with Crippen molar-refractivity contribution in [3.8, 4) is 5.75 Å². The minimum absolute atomic E-state index is 0.0943. The molecule has 2 aromatic carbocycles. The Kier molecular flexibility index (Phi) is 8.61. The lowest BCUT2D eigenvalue weighted by molar-refractivity contribution is 0.0696. The van der Waals surface area contributed by atoms with Crippen molar-refractivity contribution in [1.82, 2.24) is 5.32 Å². The van der Waals surface area contributed by atoms with Crippen molar-refractivity contribution in [2.45, 2.75) is 39.5 Å². The number of aromatic carboxylic acids is 1. The van der Waals surface area contributed by atoms with E-state index in [0.29, 0.717) is 23.4 Å². The average molecular weight is 415 g/mol. The monoisotopic (exact) mass is 414 g/mol. The molecular formula is C22H26N2O4S. The molecule has 154 valence electrons. The molecule has 0 unspecified atom stereocenters. The summed E-state index contributed by atoms with van der Waals surface area (Å²) in [4.78, 5) is 23.6. The first-order valence-corrected chi connectivity index (χ1v) is 10.0. The number of carbonyl (C=O) groups is 2. The summed E-state index contributed by atoms with van der Waals surface area (Å²) in [5, 5.41) is 14.8. The predicted octanol–water partition coefficient (Wildman–Crippen LogP) is 4.78. The van der Waals surface area contributed by atoms with Crippen LogP contribution in [0.25, 0.3) is 0 Å². The molecule has 0 aromatic heterocycles. The summed E-state index contributed by atoms with van der Waals surface area (Å²) >= 11 is 5.18. The Morgan fingerprint density at radius 1 is 1.07 bits per heavy atom. The number of thiocarbonyl (C=S) groups is 1. The molecule has 3 N–H and O–H groups in total. The van der Waals surface area contributed by atoms with E-state index in [4.69, 9.17) is 17.0 Å². The Hall–Kier alpha value is -2.93. The second-order valence-electron chi connectivity index (χ2n) is 6.63. The van der Waals surface area contributed by atoms with Crippen LogP contribution in [-0.2, 0) is 0 Å². The first kappa shape index (κ1) is 22.4. The molecule has 2 aromatic rings. The highest BCUT2D eigenvalue weighted by atomic mass is 32.1. The number of carboxylic acids is 1. The number of nitrogens with one attached hydrogen (secondary N) is 2. The quantitative estimate of drug-likeness (QED) is 0.404. The summed E-state index contributed by atoms with van der Waals surface area (Å²) in [5.41, 5.74) is 1.69. The Balaban J connectivity index is 1.89. The van der Waals surface area contributed by atoms with Crippen LogP contribution in [0.2, 0.25) is 0 Å². The van der Waals surface area contributed by atoms with E-state index >= 15 is 0 Å². The van der Waals surface area contributed by atoms with Gasteiger partial charge >= 0.3 is 5.97 Å². The number of unbranched alkanes of at least 4 members (excludes halogenated alkanes) is 3. The summed E-state index contributed by atoms with van der Waals surface area (Å²) in [6.07, 6.45) is 4.55. The third-order valence-corrected chi connectivity index (χ3v) is 4.63. The number of hydrogen-bond donors (Lipinski definition) is 3. The van der Waals surface area contributed by atoms with Crippen molar-refractivity contribution < 1.29 is 19.4 Å². The van der Waals surface area contributed by atoms with Crippen LogP contribution in [0.3, 0.4) is 0 Å². The number of carboxylic acid groups (broad SMARTS) is 1.